The maximum absolute atomic E-state index is 14.5. The van der Waals surface area contributed by atoms with Crippen LogP contribution in [0.25, 0.3) is 11.3 Å². The van der Waals surface area contributed by atoms with Gasteiger partial charge in [-0.2, -0.15) is 0 Å². The molecular weight excluding hydrogens is 859 g/mol. The number of methoxy groups -OCH3 is 1. The Morgan fingerprint density at radius 1 is 0.859 bits per heavy atom. The van der Waals surface area contributed by atoms with Crippen molar-refractivity contribution in [1.82, 2.24) is 39.8 Å². The Balaban J connectivity index is 1.47. The van der Waals surface area contributed by atoms with Crippen LogP contribution in [0.15, 0.2) is 72.9 Å². The highest BCUT2D eigenvalue weighted by atomic mass is 35.5. The second kappa shape index (κ2) is 22.4. The molecule has 0 bridgehead atoms. The van der Waals surface area contributed by atoms with E-state index in [0.29, 0.717) is 35.1 Å². The lowest BCUT2D eigenvalue weighted by Gasteiger charge is -2.35. The van der Waals surface area contributed by atoms with Gasteiger partial charge in [0.25, 0.3) is 0 Å². The number of aromatic nitrogens is 2. The zero-order chi connectivity index (χ0) is 46.8. The third-order valence-corrected chi connectivity index (χ3v) is 12.3. The second-order valence-corrected chi connectivity index (χ2v) is 17.6. The van der Waals surface area contributed by atoms with Crippen LogP contribution in [0.3, 0.4) is 0 Å². The van der Waals surface area contributed by atoms with E-state index >= 15 is 0 Å². The zero-order valence-electron chi connectivity index (χ0n) is 38.1. The molecule has 0 saturated carbocycles. The molecule has 0 radical (unpaired) electrons. The number of rotatable bonds is 11. The van der Waals surface area contributed by atoms with E-state index < -0.39 is 47.8 Å². The van der Waals surface area contributed by atoms with Gasteiger partial charge in [-0.25, -0.2) is 4.98 Å². The molecule has 2 N–H and O–H groups in total. The number of imidazole rings is 1. The highest BCUT2D eigenvalue weighted by Crippen LogP contribution is 2.34. The summed E-state index contributed by atoms with van der Waals surface area (Å²) >= 11 is 13.0. The summed E-state index contributed by atoms with van der Waals surface area (Å²) in [4.78, 5) is 81.2. The topological polar surface area (TPSA) is 159 Å². The first-order valence-electron chi connectivity index (χ1n) is 21.2. The molecule has 1 aromatic heterocycles. The van der Waals surface area contributed by atoms with Gasteiger partial charge in [-0.15, -0.1) is 0 Å². The van der Waals surface area contributed by atoms with Crippen molar-refractivity contribution in [2.24, 2.45) is 13.0 Å². The number of carbonyl (C=O) groups is 5. The Kier molecular flexibility index (Phi) is 17.4. The Morgan fingerprint density at radius 2 is 1.55 bits per heavy atom. The fourth-order valence-corrected chi connectivity index (χ4v) is 7.87. The third kappa shape index (κ3) is 12.6. The van der Waals surface area contributed by atoms with Crippen molar-refractivity contribution in [2.45, 2.75) is 77.3 Å². The van der Waals surface area contributed by atoms with E-state index in [-0.39, 0.29) is 49.4 Å². The van der Waals surface area contributed by atoms with Crippen molar-refractivity contribution in [1.29, 1.82) is 0 Å². The number of halogens is 2. The Morgan fingerprint density at radius 3 is 2.20 bits per heavy atom. The van der Waals surface area contributed by atoms with E-state index in [1.165, 1.54) is 21.8 Å². The maximum atomic E-state index is 14.5. The quantitative estimate of drug-likeness (QED) is 0.197. The van der Waals surface area contributed by atoms with Gasteiger partial charge in [0, 0.05) is 86.8 Å². The van der Waals surface area contributed by atoms with E-state index in [4.69, 9.17) is 32.7 Å². The molecule has 3 aromatic carbocycles. The molecule has 0 spiro atoms. The lowest BCUT2D eigenvalue weighted by Crippen LogP contribution is -2.57. The molecule has 5 atom stereocenters. The Bertz CT molecular complexity index is 2270. The highest BCUT2D eigenvalue weighted by molar-refractivity contribution is 6.31. The van der Waals surface area contributed by atoms with Crippen molar-refractivity contribution in [3.05, 3.63) is 99.9 Å². The van der Waals surface area contributed by atoms with E-state index in [9.17, 15) is 24.0 Å². The summed E-state index contributed by atoms with van der Waals surface area (Å²) in [7, 11) is 10.6. The molecule has 5 rings (SSSR count). The van der Waals surface area contributed by atoms with Crippen LogP contribution >= 0.6 is 23.2 Å². The first-order chi connectivity index (χ1) is 30.4. The van der Waals surface area contributed by atoms with Gasteiger partial charge in [-0.05, 0) is 88.5 Å². The van der Waals surface area contributed by atoms with Gasteiger partial charge in [0.15, 0.2) is 0 Å². The lowest BCUT2D eigenvalue weighted by molar-refractivity contribution is -0.146. The van der Waals surface area contributed by atoms with E-state index in [2.05, 4.69) is 20.5 Å². The third-order valence-electron chi connectivity index (χ3n) is 11.6. The summed E-state index contributed by atoms with van der Waals surface area (Å²) < 4.78 is 13.9. The largest absolute Gasteiger partial charge is 0.457 e. The summed E-state index contributed by atoms with van der Waals surface area (Å²) in [5.41, 5.74) is 3.15. The molecule has 0 aliphatic carbocycles. The van der Waals surface area contributed by atoms with Crippen LogP contribution in [0.1, 0.15) is 50.6 Å². The Hall–Kier alpha value is -5.48. The monoisotopic (exact) mass is 918 g/mol. The van der Waals surface area contributed by atoms with Gasteiger partial charge in [0.2, 0.25) is 29.5 Å². The fourth-order valence-electron chi connectivity index (χ4n) is 7.52. The number of nitrogens with one attached hydrogen (secondary N) is 2. The average molecular weight is 920 g/mol. The summed E-state index contributed by atoms with van der Waals surface area (Å²) in [6, 6.07) is 16.3. The molecule has 1 fully saturated rings. The minimum absolute atomic E-state index is 0.0629. The van der Waals surface area contributed by atoms with Crippen LogP contribution in [0.2, 0.25) is 10.0 Å². The fraction of sp³-hybridized carbons (Fsp3) is 0.447. The zero-order valence-corrected chi connectivity index (χ0v) is 39.6. The van der Waals surface area contributed by atoms with Crippen LogP contribution < -0.4 is 15.4 Å². The SMILES string of the molecule is COC[C@@H]1NC(=O)[C@H](C)N(Cc2c(Cl)cccc2Oc2ccc(-c3cnc(CN(C)C)n3C)cc2)C(=O)C[C@@H](C)C(=O)N(C)[C@@H](C)CNC(=O)C[C@H](Cc2ccc(Cl)cc2)N(C)C1=O. The van der Waals surface area contributed by atoms with Gasteiger partial charge >= 0.3 is 0 Å². The molecule has 1 aliphatic heterocycles. The molecule has 2 heterocycles. The van der Waals surface area contributed by atoms with Crippen molar-refractivity contribution in [3.63, 3.8) is 0 Å². The summed E-state index contributed by atoms with van der Waals surface area (Å²) in [5.74, 6) is -1.31. The highest BCUT2D eigenvalue weighted by Gasteiger charge is 2.36. The molecule has 64 heavy (non-hydrogen) atoms. The van der Waals surface area contributed by atoms with Crippen LogP contribution in [0.4, 0.5) is 0 Å². The second-order valence-electron chi connectivity index (χ2n) is 16.8. The number of nitrogens with zero attached hydrogens (tertiary/aromatic N) is 6. The molecule has 1 saturated heterocycles. The van der Waals surface area contributed by atoms with Crippen molar-refractivity contribution < 1.29 is 33.4 Å². The van der Waals surface area contributed by atoms with E-state index in [1.807, 2.05) is 68.3 Å². The molecule has 344 valence electrons. The predicted molar refractivity (Wildman–Crippen MR) is 247 cm³/mol. The van der Waals surface area contributed by atoms with Crippen molar-refractivity contribution in [2.75, 3.05) is 48.5 Å². The normalized spacial score (nSPS) is 21.2. The molecule has 5 amide bonds. The van der Waals surface area contributed by atoms with E-state index in [1.54, 1.807) is 65.2 Å². The summed E-state index contributed by atoms with van der Waals surface area (Å²) in [5, 5.41) is 6.56. The first kappa shape index (κ1) is 49.5. The minimum Gasteiger partial charge on any atom is -0.457 e. The van der Waals surface area contributed by atoms with Crippen molar-refractivity contribution >= 4 is 52.7 Å². The predicted octanol–water partition coefficient (Wildman–Crippen LogP) is 5.56. The number of ether oxygens (including phenoxy) is 2. The molecule has 0 unspecified atom stereocenters. The number of benzene rings is 3. The smallest absolute Gasteiger partial charge is 0.247 e. The average Bonchev–Trinajstić information content (AvgIpc) is 3.62. The number of hydrogen-bond donors (Lipinski definition) is 2. The van der Waals surface area contributed by atoms with Gasteiger partial charge in [0.1, 0.15) is 29.4 Å². The van der Waals surface area contributed by atoms with Gasteiger partial charge in [-0.1, -0.05) is 48.3 Å². The van der Waals surface area contributed by atoms with Crippen LogP contribution in [-0.2, 0) is 55.3 Å². The maximum Gasteiger partial charge on any atom is 0.247 e. The van der Waals surface area contributed by atoms with Crippen LogP contribution in [0.5, 0.6) is 11.5 Å². The van der Waals surface area contributed by atoms with Crippen LogP contribution in [-0.4, -0.2) is 131 Å². The molecular formula is C47H60Cl2N8O7. The van der Waals surface area contributed by atoms with Gasteiger partial charge < -0.3 is 44.3 Å². The number of amides is 5. The molecule has 4 aromatic rings. The Labute approximate surface area is 386 Å². The standard InChI is InChI=1S/C47H60Cl2N8O7/c1-29-21-44(59)57(26-37-38(49)11-10-12-41(37)64-36-19-15-33(16-20-36)40-25-50-42(56(40)8)27-53(4)5)31(3)45(60)52-39(28-63-9)47(62)55(7)35(22-32-13-17-34(48)18-14-32)23-43(58)51-24-30(2)54(6)46(29)61/h10-20,25,29-31,35,39H,21-24,26-28H2,1-9H3,(H,51,58)(H,52,60)/t29-,30+,31+,35+,39+/m1/s1. The minimum atomic E-state index is -1.18. The molecule has 17 heteroatoms. The molecule has 1 aliphatic rings. The number of likely N-dealkylation sites (N-methyl/N-ethyl adjacent to an activating group) is 2. The number of carbonyl (C=O) groups excluding carboxylic acids is 5. The van der Waals surface area contributed by atoms with Crippen LogP contribution in [0, 0.1) is 5.92 Å². The van der Waals surface area contributed by atoms with Crippen molar-refractivity contribution in [3.8, 4) is 22.8 Å². The van der Waals surface area contributed by atoms with Gasteiger partial charge in [-0.3, -0.25) is 24.0 Å². The number of hydrogen-bond acceptors (Lipinski definition) is 9. The molecule has 15 nitrogen and oxygen atoms in total. The van der Waals surface area contributed by atoms with Gasteiger partial charge in [0.05, 0.1) is 31.6 Å². The summed E-state index contributed by atoms with van der Waals surface area (Å²) in [6.45, 7) is 5.47. The first-order valence-corrected chi connectivity index (χ1v) is 22.0. The van der Waals surface area contributed by atoms with E-state index in [0.717, 1.165) is 22.6 Å². The lowest BCUT2D eigenvalue weighted by atomic mass is 10.0. The summed E-state index contributed by atoms with van der Waals surface area (Å²) in [6.07, 6.45) is 1.83.